The van der Waals surface area contributed by atoms with Crippen molar-refractivity contribution < 1.29 is 12.8 Å². The fourth-order valence-electron chi connectivity index (χ4n) is 3.33. The Morgan fingerprint density at radius 3 is 2.41 bits per heavy atom. The van der Waals surface area contributed by atoms with Gasteiger partial charge in [0.2, 0.25) is 0 Å². The molecule has 0 aliphatic heterocycles. The van der Waals surface area contributed by atoms with Gasteiger partial charge in [-0.05, 0) is 61.5 Å². The van der Waals surface area contributed by atoms with Crippen LogP contribution in [0.5, 0.6) is 0 Å². The lowest BCUT2D eigenvalue weighted by atomic mass is 10.1. The van der Waals surface area contributed by atoms with Crippen molar-refractivity contribution in [2.45, 2.75) is 11.8 Å². The van der Waals surface area contributed by atoms with Crippen molar-refractivity contribution >= 4 is 37.6 Å². The first kappa shape index (κ1) is 17.5. The van der Waals surface area contributed by atoms with Crippen LogP contribution in [0, 0.1) is 6.92 Å². The summed E-state index contributed by atoms with van der Waals surface area (Å²) in [6.45, 7) is 1.92. The van der Waals surface area contributed by atoms with E-state index in [1.54, 1.807) is 35.0 Å². The van der Waals surface area contributed by atoms with Crippen molar-refractivity contribution in [2.75, 3.05) is 4.72 Å². The lowest BCUT2D eigenvalue weighted by Gasteiger charge is -2.09. The Balaban J connectivity index is 1.47. The van der Waals surface area contributed by atoms with Crippen LogP contribution in [0.1, 0.15) is 5.69 Å². The van der Waals surface area contributed by atoms with Crippen LogP contribution >= 0.6 is 0 Å². The molecule has 2 aromatic heterocycles. The smallest absolute Gasteiger partial charge is 0.261 e. The van der Waals surface area contributed by atoms with Crippen LogP contribution in [-0.4, -0.2) is 18.2 Å². The van der Waals surface area contributed by atoms with Crippen molar-refractivity contribution in [3.05, 3.63) is 84.7 Å². The zero-order valence-electron chi connectivity index (χ0n) is 15.5. The molecule has 0 saturated heterocycles. The second kappa shape index (κ2) is 6.49. The molecule has 5 aromatic rings. The van der Waals surface area contributed by atoms with Gasteiger partial charge in [0.05, 0.1) is 16.3 Å². The highest BCUT2D eigenvalue weighted by molar-refractivity contribution is 7.92. The average molecular weight is 403 g/mol. The quantitative estimate of drug-likeness (QED) is 0.464. The zero-order valence-corrected chi connectivity index (χ0v) is 16.3. The minimum absolute atomic E-state index is 0.184. The van der Waals surface area contributed by atoms with Crippen molar-refractivity contribution in [2.24, 2.45) is 0 Å². The molecule has 0 atom stereocenters. The molecule has 0 radical (unpaired) electrons. The molecule has 2 heterocycles. The number of sulfonamides is 1. The summed E-state index contributed by atoms with van der Waals surface area (Å²) in [6.07, 6.45) is 1.86. The van der Waals surface area contributed by atoms with Crippen LogP contribution in [0.25, 0.3) is 27.6 Å². The van der Waals surface area contributed by atoms with E-state index in [-0.39, 0.29) is 4.90 Å². The standard InChI is InChI=1S/C22H17N3O3S/c1-15-12-13-25(23-15)17-8-6-16(7-9-17)24-29(26,27)18-10-11-22-20(14-18)19-4-2-3-5-21(19)28-22/h2-14,24H,1H3. The lowest BCUT2D eigenvalue weighted by molar-refractivity contribution is 0.601. The molecule has 6 nitrogen and oxygen atoms in total. The Hall–Kier alpha value is -3.58. The Morgan fingerprint density at radius 1 is 0.897 bits per heavy atom. The fraction of sp³-hybridized carbons (Fsp3) is 0.0455. The lowest BCUT2D eigenvalue weighted by Crippen LogP contribution is -2.12. The summed E-state index contributed by atoms with van der Waals surface area (Å²) in [7, 11) is -3.74. The Kier molecular flexibility index (Phi) is 3.92. The molecule has 0 unspecified atom stereocenters. The number of aryl methyl sites for hydroxylation is 1. The number of hydrogen-bond donors (Lipinski definition) is 1. The largest absolute Gasteiger partial charge is 0.456 e. The maximum Gasteiger partial charge on any atom is 0.261 e. The van der Waals surface area contributed by atoms with E-state index >= 15 is 0 Å². The topological polar surface area (TPSA) is 77.1 Å². The van der Waals surface area contributed by atoms with Crippen LogP contribution in [0.15, 0.2) is 88.3 Å². The summed E-state index contributed by atoms with van der Waals surface area (Å²) in [6, 6.07) is 21.4. The number of nitrogens with zero attached hydrogens (tertiary/aromatic N) is 2. The van der Waals surface area contributed by atoms with Gasteiger partial charge >= 0.3 is 0 Å². The minimum atomic E-state index is -3.74. The number of furan rings is 1. The van der Waals surface area contributed by atoms with E-state index in [2.05, 4.69) is 9.82 Å². The van der Waals surface area contributed by atoms with Crippen molar-refractivity contribution in [3.63, 3.8) is 0 Å². The molecular formula is C22H17N3O3S. The molecule has 0 aliphatic rings. The normalized spacial score (nSPS) is 11.9. The Labute approximate surface area is 167 Å². The highest BCUT2D eigenvalue weighted by Gasteiger charge is 2.17. The zero-order chi connectivity index (χ0) is 20.0. The van der Waals surface area contributed by atoms with Crippen LogP contribution in [0.4, 0.5) is 5.69 Å². The maximum atomic E-state index is 12.9. The molecule has 0 saturated carbocycles. The first-order valence-electron chi connectivity index (χ1n) is 9.06. The van der Waals surface area contributed by atoms with Crippen LogP contribution in [0.3, 0.4) is 0 Å². The van der Waals surface area contributed by atoms with E-state index < -0.39 is 10.0 Å². The second-order valence-corrected chi connectivity index (χ2v) is 8.49. The summed E-state index contributed by atoms with van der Waals surface area (Å²) in [4.78, 5) is 0.184. The number of fused-ring (bicyclic) bond motifs is 3. The van der Waals surface area contributed by atoms with Crippen molar-refractivity contribution in [1.29, 1.82) is 0 Å². The predicted molar refractivity (Wildman–Crippen MR) is 113 cm³/mol. The third-order valence-corrected chi connectivity index (χ3v) is 6.14. The monoisotopic (exact) mass is 403 g/mol. The number of rotatable bonds is 4. The van der Waals surface area contributed by atoms with Gasteiger partial charge in [-0.25, -0.2) is 13.1 Å². The van der Waals surface area contributed by atoms with Crippen LogP contribution in [-0.2, 0) is 10.0 Å². The van der Waals surface area contributed by atoms with Crippen LogP contribution in [0.2, 0.25) is 0 Å². The van der Waals surface area contributed by atoms with Gasteiger partial charge in [-0.3, -0.25) is 4.72 Å². The highest BCUT2D eigenvalue weighted by Crippen LogP contribution is 2.30. The van der Waals surface area contributed by atoms with Gasteiger partial charge in [-0.1, -0.05) is 18.2 Å². The molecule has 7 heteroatoms. The van der Waals surface area contributed by atoms with Gasteiger partial charge in [0, 0.05) is 22.7 Å². The minimum Gasteiger partial charge on any atom is -0.456 e. The molecule has 3 aromatic carbocycles. The molecule has 29 heavy (non-hydrogen) atoms. The first-order valence-corrected chi connectivity index (χ1v) is 10.5. The third kappa shape index (κ3) is 3.15. The first-order chi connectivity index (χ1) is 14.0. The van der Waals surface area contributed by atoms with E-state index in [0.717, 1.165) is 27.7 Å². The summed E-state index contributed by atoms with van der Waals surface area (Å²) in [5, 5.41) is 6.01. The second-order valence-electron chi connectivity index (χ2n) is 6.81. The van der Waals surface area contributed by atoms with Gasteiger partial charge in [0.25, 0.3) is 10.0 Å². The van der Waals surface area contributed by atoms with Crippen molar-refractivity contribution in [3.8, 4) is 5.69 Å². The number of anilines is 1. The predicted octanol–water partition coefficient (Wildman–Crippen LogP) is 4.88. The number of benzene rings is 3. The molecule has 0 fully saturated rings. The van der Waals surface area contributed by atoms with Gasteiger partial charge in [0.15, 0.2) is 0 Å². The molecule has 0 spiro atoms. The molecule has 0 bridgehead atoms. The number of hydrogen-bond acceptors (Lipinski definition) is 4. The van der Waals surface area contributed by atoms with Crippen molar-refractivity contribution in [1.82, 2.24) is 9.78 Å². The Bertz CT molecular complexity index is 1450. The summed E-state index contributed by atoms with van der Waals surface area (Å²) >= 11 is 0. The number of aromatic nitrogens is 2. The van der Waals surface area contributed by atoms with E-state index in [0.29, 0.717) is 11.3 Å². The maximum absolute atomic E-state index is 12.9. The SMILES string of the molecule is Cc1ccn(-c2ccc(NS(=O)(=O)c3ccc4oc5ccccc5c4c3)cc2)n1. The Morgan fingerprint density at radius 2 is 1.66 bits per heavy atom. The molecule has 1 N–H and O–H groups in total. The average Bonchev–Trinajstić information content (AvgIpc) is 3.31. The number of para-hydroxylation sites is 1. The summed E-state index contributed by atoms with van der Waals surface area (Å²) in [5.74, 6) is 0. The summed E-state index contributed by atoms with van der Waals surface area (Å²) in [5.41, 5.74) is 3.64. The molecule has 5 rings (SSSR count). The van der Waals surface area contributed by atoms with Gasteiger partial charge in [0.1, 0.15) is 11.2 Å². The van der Waals surface area contributed by atoms with Gasteiger partial charge in [-0.2, -0.15) is 5.10 Å². The molecule has 144 valence electrons. The van der Waals surface area contributed by atoms with Crippen LogP contribution < -0.4 is 4.72 Å². The van der Waals surface area contributed by atoms with Gasteiger partial charge < -0.3 is 4.42 Å². The fourth-order valence-corrected chi connectivity index (χ4v) is 4.41. The molecule has 0 amide bonds. The summed E-state index contributed by atoms with van der Waals surface area (Å²) < 4.78 is 36.0. The van der Waals surface area contributed by atoms with E-state index in [1.807, 2.05) is 55.6 Å². The van der Waals surface area contributed by atoms with E-state index in [1.165, 1.54) is 0 Å². The highest BCUT2D eigenvalue weighted by atomic mass is 32.2. The van der Waals surface area contributed by atoms with E-state index in [4.69, 9.17) is 4.42 Å². The molecular weight excluding hydrogens is 386 g/mol. The van der Waals surface area contributed by atoms with E-state index in [9.17, 15) is 8.42 Å². The number of nitrogens with one attached hydrogen (secondary N) is 1. The molecule has 0 aliphatic carbocycles. The van der Waals surface area contributed by atoms with Gasteiger partial charge in [-0.15, -0.1) is 0 Å². The third-order valence-electron chi connectivity index (χ3n) is 4.76.